The van der Waals surface area contributed by atoms with Crippen molar-refractivity contribution in [2.24, 2.45) is 0 Å². The van der Waals surface area contributed by atoms with Gasteiger partial charge >= 0.3 is 5.97 Å². The van der Waals surface area contributed by atoms with Crippen molar-refractivity contribution < 1.29 is 19.4 Å². The Kier molecular flexibility index (Phi) is 4.74. The molecule has 0 aromatic heterocycles. The number of carbonyl (C=O) groups is 2. The molecular formula is C15H19NO4. The van der Waals surface area contributed by atoms with Gasteiger partial charge in [0.25, 0.3) is 5.91 Å². The van der Waals surface area contributed by atoms with Gasteiger partial charge < -0.3 is 14.7 Å². The standard InChI is InChI=1S/C15H19NO4/c1-2-20-14(18)9-12(17)10-16-8-7-11-5-3-4-6-13(11)15(16)19/h3-6,12,17H,2,7-10H2,1H3. The Morgan fingerprint density at radius 2 is 2.20 bits per heavy atom. The summed E-state index contributed by atoms with van der Waals surface area (Å²) in [6.07, 6.45) is -0.198. The van der Waals surface area contributed by atoms with Crippen LogP contribution in [0.25, 0.3) is 0 Å². The van der Waals surface area contributed by atoms with Gasteiger partial charge in [-0.3, -0.25) is 9.59 Å². The minimum absolute atomic E-state index is 0.0841. The third-order valence-corrected chi connectivity index (χ3v) is 3.32. The molecule has 5 heteroatoms. The van der Waals surface area contributed by atoms with E-state index >= 15 is 0 Å². The van der Waals surface area contributed by atoms with E-state index < -0.39 is 12.1 Å². The highest BCUT2D eigenvalue weighted by atomic mass is 16.5. The number of β-amino-alcohol motifs (C(OH)–C–C–N with tert-alkyl or cyclic N) is 1. The van der Waals surface area contributed by atoms with Crippen molar-refractivity contribution in [2.75, 3.05) is 19.7 Å². The van der Waals surface area contributed by atoms with E-state index in [1.165, 1.54) is 0 Å². The van der Waals surface area contributed by atoms with E-state index in [2.05, 4.69) is 0 Å². The number of fused-ring (bicyclic) bond motifs is 1. The number of aliphatic hydroxyl groups is 1. The van der Waals surface area contributed by atoms with E-state index in [9.17, 15) is 14.7 Å². The number of rotatable bonds is 5. The van der Waals surface area contributed by atoms with Crippen molar-refractivity contribution in [3.05, 3.63) is 35.4 Å². The van der Waals surface area contributed by atoms with Crippen molar-refractivity contribution in [1.82, 2.24) is 4.90 Å². The van der Waals surface area contributed by atoms with E-state index in [0.717, 1.165) is 12.0 Å². The molecule has 0 radical (unpaired) electrons. The number of amides is 1. The lowest BCUT2D eigenvalue weighted by Gasteiger charge is -2.30. The Balaban J connectivity index is 1.95. The number of hydrogen-bond acceptors (Lipinski definition) is 4. The fraction of sp³-hybridized carbons (Fsp3) is 0.467. The van der Waals surface area contributed by atoms with Crippen LogP contribution in [0.3, 0.4) is 0 Å². The Morgan fingerprint density at radius 1 is 1.45 bits per heavy atom. The normalized spacial score (nSPS) is 15.7. The molecule has 1 aromatic rings. The zero-order valence-corrected chi connectivity index (χ0v) is 11.5. The van der Waals surface area contributed by atoms with Crippen LogP contribution < -0.4 is 0 Å². The predicted molar refractivity (Wildman–Crippen MR) is 73.3 cm³/mol. The maximum absolute atomic E-state index is 12.3. The molecule has 20 heavy (non-hydrogen) atoms. The summed E-state index contributed by atoms with van der Waals surface area (Å²) in [5, 5.41) is 9.87. The molecule has 0 spiro atoms. The highest BCUT2D eigenvalue weighted by Crippen LogP contribution is 2.19. The van der Waals surface area contributed by atoms with Gasteiger partial charge in [-0.25, -0.2) is 0 Å². The molecule has 0 saturated heterocycles. The number of aliphatic hydroxyl groups excluding tert-OH is 1. The van der Waals surface area contributed by atoms with Crippen molar-refractivity contribution in [1.29, 1.82) is 0 Å². The maximum Gasteiger partial charge on any atom is 0.308 e. The number of esters is 1. The van der Waals surface area contributed by atoms with E-state index in [0.29, 0.717) is 18.7 Å². The van der Waals surface area contributed by atoms with Crippen molar-refractivity contribution >= 4 is 11.9 Å². The van der Waals surface area contributed by atoms with Gasteiger partial charge in [-0.1, -0.05) is 18.2 Å². The van der Waals surface area contributed by atoms with Gasteiger partial charge in [-0.15, -0.1) is 0 Å². The van der Waals surface area contributed by atoms with E-state index in [4.69, 9.17) is 4.74 Å². The Morgan fingerprint density at radius 3 is 2.95 bits per heavy atom. The second-order valence-electron chi connectivity index (χ2n) is 4.82. The topological polar surface area (TPSA) is 66.8 Å². The van der Waals surface area contributed by atoms with Crippen LogP contribution in [0.1, 0.15) is 29.3 Å². The molecule has 0 fully saturated rings. The first-order valence-corrected chi connectivity index (χ1v) is 6.82. The lowest BCUT2D eigenvalue weighted by Crippen LogP contribution is -2.42. The third kappa shape index (κ3) is 3.36. The summed E-state index contributed by atoms with van der Waals surface area (Å²) in [6.45, 7) is 2.73. The molecular weight excluding hydrogens is 258 g/mol. The van der Waals surface area contributed by atoms with E-state index in [1.807, 2.05) is 18.2 Å². The second kappa shape index (κ2) is 6.52. The van der Waals surface area contributed by atoms with Crippen LogP contribution in [0.2, 0.25) is 0 Å². The number of ether oxygens (including phenoxy) is 1. The smallest absolute Gasteiger partial charge is 0.308 e. The number of hydrogen-bond donors (Lipinski definition) is 1. The average molecular weight is 277 g/mol. The number of nitrogens with zero attached hydrogens (tertiary/aromatic N) is 1. The summed E-state index contributed by atoms with van der Waals surface area (Å²) in [5.74, 6) is -0.528. The fourth-order valence-corrected chi connectivity index (χ4v) is 2.38. The van der Waals surface area contributed by atoms with Gasteiger partial charge in [-0.2, -0.15) is 0 Å². The van der Waals surface area contributed by atoms with Crippen LogP contribution in [0.4, 0.5) is 0 Å². The van der Waals surface area contributed by atoms with Gasteiger partial charge in [0, 0.05) is 18.7 Å². The largest absolute Gasteiger partial charge is 0.466 e. The van der Waals surface area contributed by atoms with Crippen LogP contribution in [-0.4, -0.2) is 47.7 Å². The maximum atomic E-state index is 12.3. The monoisotopic (exact) mass is 277 g/mol. The second-order valence-corrected chi connectivity index (χ2v) is 4.82. The zero-order chi connectivity index (χ0) is 14.5. The quantitative estimate of drug-likeness (QED) is 0.815. The van der Waals surface area contributed by atoms with E-state index in [-0.39, 0.29) is 18.9 Å². The lowest BCUT2D eigenvalue weighted by atomic mass is 9.99. The first-order chi connectivity index (χ1) is 9.61. The summed E-state index contributed by atoms with van der Waals surface area (Å²) >= 11 is 0. The summed E-state index contributed by atoms with van der Waals surface area (Å²) in [5.41, 5.74) is 1.72. The summed E-state index contributed by atoms with van der Waals surface area (Å²) in [6, 6.07) is 7.48. The summed E-state index contributed by atoms with van der Waals surface area (Å²) in [7, 11) is 0. The van der Waals surface area contributed by atoms with Crippen molar-refractivity contribution in [3.63, 3.8) is 0 Å². The van der Waals surface area contributed by atoms with Gasteiger partial charge in [0.05, 0.1) is 19.1 Å². The first kappa shape index (κ1) is 14.5. The molecule has 1 atom stereocenters. The molecule has 108 valence electrons. The molecule has 1 aliphatic rings. The summed E-state index contributed by atoms with van der Waals surface area (Å²) < 4.78 is 4.78. The van der Waals surface area contributed by atoms with Crippen LogP contribution in [0.5, 0.6) is 0 Å². The Labute approximate surface area is 118 Å². The molecule has 1 unspecified atom stereocenters. The summed E-state index contributed by atoms with van der Waals surface area (Å²) in [4.78, 5) is 25.1. The molecule has 2 rings (SSSR count). The van der Waals surface area contributed by atoms with Crippen LogP contribution in [-0.2, 0) is 16.0 Å². The molecule has 0 saturated carbocycles. The van der Waals surface area contributed by atoms with E-state index in [1.54, 1.807) is 17.9 Å². The number of carbonyl (C=O) groups excluding carboxylic acids is 2. The van der Waals surface area contributed by atoms with Crippen LogP contribution >= 0.6 is 0 Å². The van der Waals surface area contributed by atoms with Crippen LogP contribution in [0.15, 0.2) is 24.3 Å². The van der Waals surface area contributed by atoms with Crippen molar-refractivity contribution in [3.8, 4) is 0 Å². The molecule has 0 bridgehead atoms. The van der Waals surface area contributed by atoms with Crippen LogP contribution in [0, 0.1) is 0 Å². The molecule has 1 aliphatic heterocycles. The Bertz CT molecular complexity index is 500. The van der Waals surface area contributed by atoms with Gasteiger partial charge in [0.15, 0.2) is 0 Å². The number of benzene rings is 1. The average Bonchev–Trinajstić information content (AvgIpc) is 2.42. The minimum atomic E-state index is -0.886. The zero-order valence-electron chi connectivity index (χ0n) is 11.5. The molecule has 1 amide bonds. The fourth-order valence-electron chi connectivity index (χ4n) is 2.38. The SMILES string of the molecule is CCOC(=O)CC(O)CN1CCc2ccccc2C1=O. The van der Waals surface area contributed by atoms with Gasteiger partial charge in [0.2, 0.25) is 0 Å². The lowest BCUT2D eigenvalue weighted by molar-refractivity contribution is -0.145. The predicted octanol–water partition coefficient (Wildman–Crippen LogP) is 0.999. The highest BCUT2D eigenvalue weighted by molar-refractivity contribution is 5.96. The molecule has 1 N–H and O–H groups in total. The van der Waals surface area contributed by atoms with Crippen molar-refractivity contribution in [2.45, 2.75) is 25.9 Å². The highest BCUT2D eigenvalue weighted by Gasteiger charge is 2.26. The molecule has 1 heterocycles. The Hall–Kier alpha value is -1.88. The van der Waals surface area contributed by atoms with Gasteiger partial charge in [-0.05, 0) is 25.0 Å². The first-order valence-electron chi connectivity index (χ1n) is 6.82. The third-order valence-electron chi connectivity index (χ3n) is 3.32. The van der Waals surface area contributed by atoms with Gasteiger partial charge in [0.1, 0.15) is 0 Å². The molecule has 0 aliphatic carbocycles. The minimum Gasteiger partial charge on any atom is -0.466 e. The molecule has 1 aromatic carbocycles. The molecule has 5 nitrogen and oxygen atoms in total.